The molecule has 9 heteroatoms. The molecule has 0 aliphatic carbocycles. The van der Waals surface area contributed by atoms with E-state index in [0.717, 1.165) is 11.4 Å². The second-order valence-corrected chi connectivity index (χ2v) is 13.1. The number of Topliss-reactive ketones (excluding diaryl/α,β-unsaturated/α-hetero) is 1. The number of hydrazone groups is 2. The summed E-state index contributed by atoms with van der Waals surface area (Å²) in [6.45, 7) is 15.8. The molecule has 4 unspecified atom stereocenters. The normalized spacial score (nSPS) is 21.4. The summed E-state index contributed by atoms with van der Waals surface area (Å²) >= 11 is 0. The van der Waals surface area contributed by atoms with Crippen LogP contribution in [-0.4, -0.2) is 45.7 Å². The molecule has 1 radical (unpaired) electrons. The number of rotatable bonds is 6. The largest absolute Gasteiger partial charge is 0.392 e. The Hall–Kier alpha value is -2.49. The predicted molar refractivity (Wildman–Crippen MR) is 161 cm³/mol. The summed E-state index contributed by atoms with van der Waals surface area (Å²) in [7, 11) is 0. The number of aliphatic hydroxyl groups excluding tert-OH is 2. The van der Waals surface area contributed by atoms with Gasteiger partial charge in [-0.2, -0.15) is 15.2 Å². The Morgan fingerprint density at radius 2 is 1.37 bits per heavy atom. The van der Waals surface area contributed by atoms with E-state index in [1.54, 1.807) is 11.9 Å². The number of nitrogens with zero attached hydrogens (tertiary/aromatic N) is 4. The topological polar surface area (TPSA) is 106 Å². The number of ketones is 1. The SMILES string of the molecule is CC1=NN(c2ccccc2)C(=O)C1C(=O)CC(C)(C)C.CC1=NN(c2ccccc2)C(O)C1C(O)CC(C)(C)C.[Sc]. The summed E-state index contributed by atoms with van der Waals surface area (Å²) in [5.41, 5.74) is 2.77. The summed E-state index contributed by atoms with van der Waals surface area (Å²) in [6, 6.07) is 18.7. The summed E-state index contributed by atoms with van der Waals surface area (Å²) in [6.07, 6.45) is -0.402. The zero-order chi connectivity index (χ0) is 29.8. The van der Waals surface area contributed by atoms with Crippen molar-refractivity contribution >= 4 is 34.5 Å². The molecule has 8 nitrogen and oxygen atoms in total. The van der Waals surface area contributed by atoms with Crippen molar-refractivity contribution in [3.8, 4) is 0 Å². The van der Waals surface area contributed by atoms with Crippen LogP contribution in [0.5, 0.6) is 0 Å². The van der Waals surface area contributed by atoms with Crippen LogP contribution in [0.2, 0.25) is 0 Å². The summed E-state index contributed by atoms with van der Waals surface area (Å²) in [5.74, 6) is -1.37. The maximum Gasteiger partial charge on any atom is 0.263 e. The average molecular weight is 594 g/mol. The zero-order valence-electron chi connectivity index (χ0n) is 25.6. The van der Waals surface area contributed by atoms with E-state index < -0.39 is 18.2 Å². The zero-order valence-corrected chi connectivity index (χ0v) is 27.4. The van der Waals surface area contributed by atoms with Crippen molar-refractivity contribution in [2.75, 3.05) is 10.0 Å². The van der Waals surface area contributed by atoms with E-state index in [-0.39, 0.29) is 54.3 Å². The van der Waals surface area contributed by atoms with Crippen LogP contribution < -0.4 is 10.0 Å². The predicted octanol–water partition coefficient (Wildman–Crippen LogP) is 5.64. The number of benzene rings is 2. The Morgan fingerprint density at radius 3 is 1.85 bits per heavy atom. The first-order valence-electron chi connectivity index (χ1n) is 13.8. The fourth-order valence-electron chi connectivity index (χ4n) is 5.00. The van der Waals surface area contributed by atoms with E-state index in [2.05, 4.69) is 31.0 Å². The van der Waals surface area contributed by atoms with Gasteiger partial charge < -0.3 is 10.2 Å². The van der Waals surface area contributed by atoms with Crippen molar-refractivity contribution in [2.24, 2.45) is 32.9 Å². The van der Waals surface area contributed by atoms with E-state index in [1.807, 2.05) is 88.4 Å². The molecule has 2 aliphatic rings. The van der Waals surface area contributed by atoms with Gasteiger partial charge in [-0.05, 0) is 55.4 Å². The molecule has 41 heavy (non-hydrogen) atoms. The molecule has 0 spiro atoms. The number of aliphatic hydroxyl groups is 2. The number of para-hydroxylation sites is 2. The molecule has 2 aromatic carbocycles. The number of amides is 1. The van der Waals surface area contributed by atoms with Crippen LogP contribution in [0.15, 0.2) is 70.9 Å². The maximum atomic E-state index is 12.4. The van der Waals surface area contributed by atoms with Crippen LogP contribution in [0.4, 0.5) is 11.4 Å². The van der Waals surface area contributed by atoms with Gasteiger partial charge in [0.05, 0.1) is 29.1 Å². The van der Waals surface area contributed by atoms with Crippen LogP contribution >= 0.6 is 0 Å². The molecule has 0 fully saturated rings. The number of hydrogen-bond donors (Lipinski definition) is 2. The number of hydrogen-bond acceptors (Lipinski definition) is 7. The minimum absolute atomic E-state index is 0. The molecule has 2 N–H and O–H groups in total. The molecular weight excluding hydrogens is 549 g/mol. The van der Waals surface area contributed by atoms with Crippen molar-refractivity contribution in [2.45, 2.75) is 80.6 Å². The smallest absolute Gasteiger partial charge is 0.263 e. The van der Waals surface area contributed by atoms with Crippen LogP contribution in [0.1, 0.15) is 68.2 Å². The van der Waals surface area contributed by atoms with Gasteiger partial charge in [-0.25, -0.2) is 5.01 Å². The van der Waals surface area contributed by atoms with E-state index in [0.29, 0.717) is 24.2 Å². The Kier molecular flexibility index (Phi) is 12.0. The van der Waals surface area contributed by atoms with Crippen molar-refractivity contribution in [3.63, 3.8) is 0 Å². The van der Waals surface area contributed by atoms with E-state index in [4.69, 9.17) is 0 Å². The molecule has 2 heterocycles. The van der Waals surface area contributed by atoms with Gasteiger partial charge in [-0.3, -0.25) is 9.59 Å². The van der Waals surface area contributed by atoms with Crippen molar-refractivity contribution in [3.05, 3.63) is 60.7 Å². The Labute approximate surface area is 263 Å². The molecule has 0 bridgehead atoms. The number of carbonyl (C=O) groups is 2. The fraction of sp³-hybridized carbons (Fsp3) is 0.500. The van der Waals surface area contributed by atoms with Crippen LogP contribution in [0, 0.1) is 22.7 Å². The number of carbonyl (C=O) groups excluding carboxylic acids is 2. The third-order valence-corrected chi connectivity index (χ3v) is 6.73. The third kappa shape index (κ3) is 9.25. The molecule has 2 aromatic rings. The Bertz CT molecular complexity index is 1240. The second kappa shape index (κ2) is 14.1. The molecule has 0 aromatic heterocycles. The van der Waals surface area contributed by atoms with Gasteiger partial charge in [0.2, 0.25) is 0 Å². The quantitative estimate of drug-likeness (QED) is 0.422. The Morgan fingerprint density at radius 1 is 0.854 bits per heavy atom. The summed E-state index contributed by atoms with van der Waals surface area (Å²) in [4.78, 5) is 24.8. The molecule has 0 saturated heterocycles. The van der Waals surface area contributed by atoms with Gasteiger partial charge in [-0.1, -0.05) is 77.9 Å². The van der Waals surface area contributed by atoms with Gasteiger partial charge in [0, 0.05) is 38.0 Å². The third-order valence-electron chi connectivity index (χ3n) is 6.73. The Balaban J connectivity index is 0.000000280. The first kappa shape index (κ1) is 34.7. The standard InChI is InChI=1S/C16H24N2O2.C16H20N2O2.Sc/c2*1-11-14(13(19)10-16(2,3)4)15(20)18(17-11)12-8-6-5-7-9-12;/h5-9,13-15,19-20H,10H2,1-4H3;5-9,14H,10H2,1-4H3;. The van der Waals surface area contributed by atoms with Crippen LogP contribution in [-0.2, 0) is 35.4 Å². The molecule has 1 amide bonds. The van der Waals surface area contributed by atoms with Gasteiger partial charge in [0.25, 0.3) is 5.91 Å². The summed E-state index contributed by atoms with van der Waals surface area (Å²) in [5, 5.41) is 32.5. The van der Waals surface area contributed by atoms with E-state index in [1.165, 1.54) is 5.01 Å². The first-order chi connectivity index (χ1) is 18.6. The van der Waals surface area contributed by atoms with Crippen molar-refractivity contribution < 1.29 is 45.6 Å². The van der Waals surface area contributed by atoms with Crippen LogP contribution in [0.3, 0.4) is 0 Å². The summed E-state index contributed by atoms with van der Waals surface area (Å²) < 4.78 is 0. The van der Waals surface area contributed by atoms with Crippen molar-refractivity contribution in [1.29, 1.82) is 0 Å². The average Bonchev–Trinajstić information content (AvgIpc) is 3.32. The second-order valence-electron chi connectivity index (χ2n) is 13.1. The van der Waals surface area contributed by atoms with Gasteiger partial charge in [0.15, 0.2) is 12.0 Å². The molecule has 2 aliphatic heterocycles. The minimum Gasteiger partial charge on any atom is -0.392 e. The maximum absolute atomic E-state index is 12.4. The van der Waals surface area contributed by atoms with Gasteiger partial charge in [0.1, 0.15) is 5.92 Å². The molecule has 0 saturated carbocycles. The van der Waals surface area contributed by atoms with E-state index >= 15 is 0 Å². The van der Waals surface area contributed by atoms with Gasteiger partial charge in [-0.15, -0.1) is 0 Å². The van der Waals surface area contributed by atoms with Crippen LogP contribution in [0.25, 0.3) is 0 Å². The van der Waals surface area contributed by atoms with Gasteiger partial charge >= 0.3 is 0 Å². The molecule has 4 atom stereocenters. The number of anilines is 2. The molecule has 4 rings (SSSR count). The van der Waals surface area contributed by atoms with Crippen molar-refractivity contribution in [1.82, 2.24) is 0 Å². The molecule has 219 valence electrons. The van der Waals surface area contributed by atoms with E-state index in [9.17, 15) is 19.8 Å². The first-order valence-corrected chi connectivity index (χ1v) is 13.8. The minimum atomic E-state index is -0.810. The molecular formula is C32H44N4O4Sc. The monoisotopic (exact) mass is 593 g/mol. The fourth-order valence-corrected chi connectivity index (χ4v) is 5.00.